The van der Waals surface area contributed by atoms with Crippen molar-refractivity contribution in [2.75, 3.05) is 6.79 Å². The highest BCUT2D eigenvalue weighted by atomic mass is 32.2. The van der Waals surface area contributed by atoms with Crippen molar-refractivity contribution >= 4 is 17.7 Å². The van der Waals surface area contributed by atoms with Gasteiger partial charge in [0, 0.05) is 12.7 Å². The molecule has 1 aliphatic heterocycles. The van der Waals surface area contributed by atoms with Gasteiger partial charge in [0.2, 0.25) is 12.7 Å². The Morgan fingerprint density at radius 1 is 1.31 bits per heavy atom. The van der Waals surface area contributed by atoms with Gasteiger partial charge in [0.25, 0.3) is 11.1 Å². The van der Waals surface area contributed by atoms with Gasteiger partial charge in [0.1, 0.15) is 5.69 Å². The highest BCUT2D eigenvalue weighted by Crippen LogP contribution is 2.32. The fraction of sp³-hybridized carbons (Fsp3) is 0.235. The number of nitrogens with one attached hydrogen (secondary N) is 2. The predicted octanol–water partition coefficient (Wildman–Crippen LogP) is 2.59. The topological polar surface area (TPSA) is 102 Å². The SMILES string of the molecule is CC(Sc1nnc(-c2ccc[nH]2)o1)C(=O)NCc1ccc2c(c1)OCO2. The number of H-pyrrole nitrogens is 1. The number of aromatic amines is 1. The second-order valence-corrected chi connectivity index (χ2v) is 6.91. The van der Waals surface area contributed by atoms with Crippen molar-refractivity contribution in [3.8, 4) is 23.1 Å². The first-order valence-electron chi connectivity index (χ1n) is 7.99. The first kappa shape index (κ1) is 16.5. The van der Waals surface area contributed by atoms with Crippen LogP contribution >= 0.6 is 11.8 Å². The molecule has 0 aliphatic carbocycles. The minimum Gasteiger partial charge on any atom is -0.454 e. The van der Waals surface area contributed by atoms with Crippen LogP contribution in [0.25, 0.3) is 11.6 Å². The third kappa shape index (κ3) is 3.52. The van der Waals surface area contributed by atoms with E-state index in [-0.39, 0.29) is 18.0 Å². The summed E-state index contributed by atoms with van der Waals surface area (Å²) < 4.78 is 16.2. The van der Waals surface area contributed by atoms with Crippen LogP contribution in [-0.2, 0) is 11.3 Å². The molecule has 1 atom stereocenters. The number of amides is 1. The lowest BCUT2D eigenvalue weighted by Crippen LogP contribution is -2.30. The van der Waals surface area contributed by atoms with E-state index in [0.29, 0.717) is 23.4 Å². The molecule has 0 saturated carbocycles. The van der Waals surface area contributed by atoms with Crippen LogP contribution in [0.2, 0.25) is 0 Å². The van der Waals surface area contributed by atoms with E-state index < -0.39 is 0 Å². The minimum absolute atomic E-state index is 0.118. The number of hydrogen-bond donors (Lipinski definition) is 2. The maximum absolute atomic E-state index is 12.3. The van der Waals surface area contributed by atoms with E-state index in [1.807, 2.05) is 30.3 Å². The molecular formula is C17H16N4O4S. The predicted molar refractivity (Wildman–Crippen MR) is 93.8 cm³/mol. The van der Waals surface area contributed by atoms with Crippen LogP contribution in [0.15, 0.2) is 46.2 Å². The third-order valence-electron chi connectivity index (χ3n) is 3.79. The van der Waals surface area contributed by atoms with Gasteiger partial charge in [-0.25, -0.2) is 0 Å². The van der Waals surface area contributed by atoms with Gasteiger partial charge >= 0.3 is 0 Å². The van der Waals surface area contributed by atoms with E-state index >= 15 is 0 Å². The van der Waals surface area contributed by atoms with E-state index in [4.69, 9.17) is 13.9 Å². The van der Waals surface area contributed by atoms with Crippen LogP contribution in [0, 0.1) is 0 Å². The molecule has 8 nitrogen and oxygen atoms in total. The van der Waals surface area contributed by atoms with Gasteiger partial charge in [0.15, 0.2) is 11.5 Å². The Hall–Kier alpha value is -2.94. The summed E-state index contributed by atoms with van der Waals surface area (Å²) in [7, 11) is 0. The van der Waals surface area contributed by atoms with Crippen LogP contribution < -0.4 is 14.8 Å². The number of aromatic nitrogens is 3. The molecule has 0 saturated heterocycles. The Morgan fingerprint density at radius 2 is 2.19 bits per heavy atom. The number of fused-ring (bicyclic) bond motifs is 1. The van der Waals surface area contributed by atoms with Gasteiger partial charge in [-0.2, -0.15) is 0 Å². The third-order valence-corrected chi connectivity index (χ3v) is 4.72. The zero-order chi connectivity index (χ0) is 17.9. The molecule has 2 aromatic heterocycles. The molecule has 1 aromatic carbocycles. The fourth-order valence-electron chi connectivity index (χ4n) is 2.42. The zero-order valence-corrected chi connectivity index (χ0v) is 14.7. The zero-order valence-electron chi connectivity index (χ0n) is 13.9. The highest BCUT2D eigenvalue weighted by molar-refractivity contribution is 8.00. The van der Waals surface area contributed by atoms with E-state index in [0.717, 1.165) is 17.0 Å². The normalized spacial score (nSPS) is 13.6. The standard InChI is InChI=1S/C17H16N4O4S/c1-10(26-17-21-20-16(25-17)12-3-2-6-18-12)15(22)19-8-11-4-5-13-14(7-11)24-9-23-13/h2-7,10,18H,8-9H2,1H3,(H,19,22). The van der Waals surface area contributed by atoms with Crippen LogP contribution in [0.4, 0.5) is 0 Å². The number of ether oxygens (including phenoxy) is 2. The molecule has 9 heteroatoms. The Balaban J connectivity index is 1.32. The number of hydrogen-bond acceptors (Lipinski definition) is 7. The van der Waals surface area contributed by atoms with Gasteiger partial charge in [-0.3, -0.25) is 4.79 Å². The molecule has 3 heterocycles. The van der Waals surface area contributed by atoms with Crippen LogP contribution in [-0.4, -0.2) is 33.1 Å². The van der Waals surface area contributed by atoms with E-state index in [1.54, 1.807) is 13.1 Å². The lowest BCUT2D eigenvalue weighted by Gasteiger charge is -2.10. The Kier molecular flexibility index (Phi) is 4.53. The van der Waals surface area contributed by atoms with Crippen LogP contribution in [0.3, 0.4) is 0 Å². The maximum Gasteiger partial charge on any atom is 0.277 e. The second kappa shape index (κ2) is 7.12. The lowest BCUT2D eigenvalue weighted by molar-refractivity contribution is -0.120. The van der Waals surface area contributed by atoms with Crippen molar-refractivity contribution in [2.24, 2.45) is 0 Å². The Bertz CT molecular complexity index is 909. The van der Waals surface area contributed by atoms with E-state index in [9.17, 15) is 4.79 Å². The first-order valence-corrected chi connectivity index (χ1v) is 8.87. The van der Waals surface area contributed by atoms with Crippen LogP contribution in [0.1, 0.15) is 12.5 Å². The molecule has 2 N–H and O–H groups in total. The quantitative estimate of drug-likeness (QED) is 0.641. The van der Waals surface area contributed by atoms with Crippen molar-refractivity contribution in [1.29, 1.82) is 0 Å². The summed E-state index contributed by atoms with van der Waals surface area (Å²) in [4.78, 5) is 15.3. The summed E-state index contributed by atoms with van der Waals surface area (Å²) in [5.41, 5.74) is 1.68. The van der Waals surface area contributed by atoms with E-state index in [2.05, 4.69) is 20.5 Å². The Morgan fingerprint density at radius 3 is 3.04 bits per heavy atom. The smallest absolute Gasteiger partial charge is 0.277 e. The number of nitrogens with zero attached hydrogens (tertiary/aromatic N) is 2. The molecule has 0 spiro atoms. The molecule has 0 bridgehead atoms. The van der Waals surface area contributed by atoms with Crippen molar-refractivity contribution in [3.05, 3.63) is 42.1 Å². The van der Waals surface area contributed by atoms with Crippen molar-refractivity contribution in [2.45, 2.75) is 23.9 Å². The molecule has 1 aliphatic rings. The number of benzene rings is 1. The number of carbonyl (C=O) groups excluding carboxylic acids is 1. The molecule has 0 radical (unpaired) electrons. The van der Waals surface area contributed by atoms with Gasteiger partial charge in [-0.05, 0) is 36.8 Å². The van der Waals surface area contributed by atoms with Gasteiger partial charge < -0.3 is 24.2 Å². The summed E-state index contributed by atoms with van der Waals surface area (Å²) >= 11 is 1.21. The summed E-state index contributed by atoms with van der Waals surface area (Å²) in [5, 5.41) is 10.8. The molecule has 1 unspecified atom stereocenters. The molecule has 1 amide bonds. The summed E-state index contributed by atoms with van der Waals surface area (Å²) in [5.74, 6) is 1.69. The molecular weight excluding hydrogens is 356 g/mol. The molecule has 4 rings (SSSR count). The summed E-state index contributed by atoms with van der Waals surface area (Å²) in [6.45, 7) is 2.42. The fourth-order valence-corrected chi connectivity index (χ4v) is 3.13. The maximum atomic E-state index is 12.3. The van der Waals surface area contributed by atoms with Gasteiger partial charge in [-0.15, -0.1) is 10.2 Å². The summed E-state index contributed by atoms with van der Waals surface area (Å²) in [6.07, 6.45) is 1.78. The average Bonchev–Trinajstić information content (AvgIpc) is 3.39. The van der Waals surface area contributed by atoms with E-state index in [1.165, 1.54) is 11.8 Å². The monoisotopic (exact) mass is 372 g/mol. The molecule has 3 aromatic rings. The molecule has 134 valence electrons. The first-order chi connectivity index (χ1) is 12.7. The van der Waals surface area contributed by atoms with Gasteiger partial charge in [0.05, 0.1) is 5.25 Å². The molecule has 26 heavy (non-hydrogen) atoms. The number of carbonyl (C=O) groups is 1. The highest BCUT2D eigenvalue weighted by Gasteiger charge is 2.19. The number of thioether (sulfide) groups is 1. The average molecular weight is 372 g/mol. The van der Waals surface area contributed by atoms with Crippen LogP contribution in [0.5, 0.6) is 11.5 Å². The molecule has 0 fully saturated rings. The van der Waals surface area contributed by atoms with Gasteiger partial charge in [-0.1, -0.05) is 17.8 Å². The lowest BCUT2D eigenvalue weighted by atomic mass is 10.2. The number of rotatable bonds is 6. The minimum atomic E-state index is -0.374. The second-order valence-electron chi connectivity index (χ2n) is 5.62. The Labute approximate surface area is 153 Å². The van der Waals surface area contributed by atoms with Crippen molar-refractivity contribution < 1.29 is 18.7 Å². The summed E-state index contributed by atoms with van der Waals surface area (Å²) in [6, 6.07) is 9.28. The largest absolute Gasteiger partial charge is 0.454 e. The van der Waals surface area contributed by atoms with Crippen molar-refractivity contribution in [3.63, 3.8) is 0 Å². The van der Waals surface area contributed by atoms with Crippen molar-refractivity contribution in [1.82, 2.24) is 20.5 Å².